The minimum Gasteiger partial charge on any atom is -0.317 e. The molecule has 0 atom stereocenters. The number of benzene rings is 1. The van der Waals surface area contributed by atoms with E-state index in [9.17, 15) is 4.39 Å². The van der Waals surface area contributed by atoms with Gasteiger partial charge in [-0.15, -0.1) is 0 Å². The molecule has 4 heteroatoms. The fourth-order valence-electron chi connectivity index (χ4n) is 2.15. The van der Waals surface area contributed by atoms with Gasteiger partial charge in [-0.1, -0.05) is 23.2 Å². The van der Waals surface area contributed by atoms with Crippen molar-refractivity contribution >= 4 is 23.2 Å². The molecule has 1 nitrogen and oxygen atoms in total. The van der Waals surface area contributed by atoms with Gasteiger partial charge < -0.3 is 5.32 Å². The molecule has 0 aliphatic carbocycles. The molecule has 88 valence electrons. The standard InChI is InChI=1S/C12H14Cl2FN/c13-10-6-9(12(14)11(15)7-10)5-8-1-3-16-4-2-8/h6-8,16H,1-5H2. The smallest absolute Gasteiger partial charge is 0.143 e. The summed E-state index contributed by atoms with van der Waals surface area (Å²) in [7, 11) is 0. The summed E-state index contributed by atoms with van der Waals surface area (Å²) in [6.45, 7) is 2.07. The summed E-state index contributed by atoms with van der Waals surface area (Å²) >= 11 is 11.8. The van der Waals surface area contributed by atoms with Gasteiger partial charge in [-0.05, 0) is 56.0 Å². The third kappa shape index (κ3) is 2.88. The molecule has 0 spiro atoms. The van der Waals surface area contributed by atoms with E-state index in [0.717, 1.165) is 37.9 Å². The topological polar surface area (TPSA) is 12.0 Å². The average molecular weight is 262 g/mol. The molecule has 1 N–H and O–H groups in total. The maximum atomic E-state index is 13.4. The monoisotopic (exact) mass is 261 g/mol. The molecule has 1 saturated heterocycles. The van der Waals surface area contributed by atoms with Crippen molar-refractivity contribution in [2.45, 2.75) is 19.3 Å². The highest BCUT2D eigenvalue weighted by molar-refractivity contribution is 6.33. The van der Waals surface area contributed by atoms with E-state index in [0.29, 0.717) is 10.9 Å². The highest BCUT2D eigenvalue weighted by Crippen LogP contribution is 2.28. The normalized spacial score (nSPS) is 17.7. The zero-order chi connectivity index (χ0) is 11.5. The highest BCUT2D eigenvalue weighted by Gasteiger charge is 2.16. The number of rotatable bonds is 2. The zero-order valence-corrected chi connectivity index (χ0v) is 10.4. The van der Waals surface area contributed by atoms with Crippen LogP contribution < -0.4 is 5.32 Å². The second kappa shape index (κ2) is 5.35. The fraction of sp³-hybridized carbons (Fsp3) is 0.500. The summed E-state index contributed by atoms with van der Waals surface area (Å²) in [4.78, 5) is 0. The van der Waals surface area contributed by atoms with Gasteiger partial charge in [0.05, 0.1) is 5.02 Å². The van der Waals surface area contributed by atoms with Crippen LogP contribution >= 0.6 is 23.2 Å². The van der Waals surface area contributed by atoms with Crippen LogP contribution in [0.3, 0.4) is 0 Å². The van der Waals surface area contributed by atoms with Gasteiger partial charge in [0.1, 0.15) is 5.82 Å². The molecular formula is C12H14Cl2FN. The Hall–Kier alpha value is -0.310. The lowest BCUT2D eigenvalue weighted by molar-refractivity contribution is 0.372. The molecule has 16 heavy (non-hydrogen) atoms. The molecule has 0 saturated carbocycles. The van der Waals surface area contributed by atoms with Gasteiger partial charge in [-0.25, -0.2) is 4.39 Å². The Morgan fingerprint density at radius 1 is 1.25 bits per heavy atom. The minimum absolute atomic E-state index is 0.225. The molecule has 0 unspecified atom stereocenters. The van der Waals surface area contributed by atoms with Crippen LogP contribution in [0.15, 0.2) is 12.1 Å². The van der Waals surface area contributed by atoms with Crippen LogP contribution in [-0.2, 0) is 6.42 Å². The first-order chi connectivity index (χ1) is 7.66. The van der Waals surface area contributed by atoms with Gasteiger partial charge in [-0.2, -0.15) is 0 Å². The third-order valence-electron chi connectivity index (χ3n) is 3.04. The van der Waals surface area contributed by atoms with Crippen LogP contribution in [-0.4, -0.2) is 13.1 Å². The van der Waals surface area contributed by atoms with Crippen molar-refractivity contribution in [1.29, 1.82) is 0 Å². The lowest BCUT2D eigenvalue weighted by Gasteiger charge is -2.23. The summed E-state index contributed by atoms with van der Waals surface area (Å²) in [5, 5.41) is 3.95. The van der Waals surface area contributed by atoms with Crippen LogP contribution in [0.2, 0.25) is 10.0 Å². The molecule has 1 aromatic carbocycles. The van der Waals surface area contributed by atoms with Crippen LogP contribution in [0, 0.1) is 11.7 Å². The molecule has 0 amide bonds. The van der Waals surface area contributed by atoms with E-state index in [1.165, 1.54) is 6.07 Å². The van der Waals surface area contributed by atoms with Crippen LogP contribution in [0.25, 0.3) is 0 Å². The Bertz CT molecular complexity index is 376. The summed E-state index contributed by atoms with van der Waals surface area (Å²) < 4.78 is 13.4. The van der Waals surface area contributed by atoms with Gasteiger partial charge in [-0.3, -0.25) is 0 Å². The van der Waals surface area contributed by atoms with Crippen LogP contribution in [0.1, 0.15) is 18.4 Å². The van der Waals surface area contributed by atoms with E-state index in [2.05, 4.69) is 5.32 Å². The number of piperidine rings is 1. The molecule has 0 radical (unpaired) electrons. The maximum Gasteiger partial charge on any atom is 0.143 e. The molecule has 0 aromatic heterocycles. The van der Waals surface area contributed by atoms with Gasteiger partial charge >= 0.3 is 0 Å². The number of hydrogen-bond donors (Lipinski definition) is 1. The lowest BCUT2D eigenvalue weighted by atomic mass is 9.91. The Balaban J connectivity index is 2.13. The van der Waals surface area contributed by atoms with Crippen molar-refractivity contribution in [3.63, 3.8) is 0 Å². The van der Waals surface area contributed by atoms with Gasteiger partial charge in [0.15, 0.2) is 0 Å². The van der Waals surface area contributed by atoms with Crippen molar-refractivity contribution in [1.82, 2.24) is 5.32 Å². The van der Waals surface area contributed by atoms with E-state index in [1.807, 2.05) is 0 Å². The second-order valence-electron chi connectivity index (χ2n) is 4.26. The highest BCUT2D eigenvalue weighted by atomic mass is 35.5. The molecule has 1 heterocycles. The lowest BCUT2D eigenvalue weighted by Crippen LogP contribution is -2.28. The van der Waals surface area contributed by atoms with E-state index in [4.69, 9.17) is 23.2 Å². The van der Waals surface area contributed by atoms with E-state index in [1.54, 1.807) is 6.07 Å². The van der Waals surface area contributed by atoms with Crippen molar-refractivity contribution in [3.8, 4) is 0 Å². The summed E-state index contributed by atoms with van der Waals surface area (Å²) in [5.41, 5.74) is 0.832. The molecule has 1 aliphatic rings. The number of halogens is 3. The molecule has 2 rings (SSSR count). The average Bonchev–Trinajstić information content (AvgIpc) is 2.27. The Morgan fingerprint density at radius 3 is 2.62 bits per heavy atom. The Kier molecular flexibility index (Phi) is 4.06. The quantitative estimate of drug-likeness (QED) is 0.802. The molecule has 1 aromatic rings. The molecular weight excluding hydrogens is 248 g/mol. The summed E-state index contributed by atoms with van der Waals surface area (Å²) in [6.07, 6.45) is 3.05. The maximum absolute atomic E-state index is 13.4. The fourth-order valence-corrected chi connectivity index (χ4v) is 2.57. The molecule has 1 aliphatic heterocycles. The SMILES string of the molecule is Fc1cc(Cl)cc(CC2CCNCC2)c1Cl. The Labute approximate surface area is 105 Å². The number of hydrogen-bond acceptors (Lipinski definition) is 1. The van der Waals surface area contributed by atoms with Crippen molar-refractivity contribution < 1.29 is 4.39 Å². The predicted octanol–water partition coefficient (Wildman–Crippen LogP) is 3.67. The van der Waals surface area contributed by atoms with Crippen LogP contribution in [0.5, 0.6) is 0 Å². The first-order valence-electron chi connectivity index (χ1n) is 5.51. The summed E-state index contributed by atoms with van der Waals surface area (Å²) in [6, 6.07) is 3.03. The predicted molar refractivity (Wildman–Crippen MR) is 65.7 cm³/mol. The minimum atomic E-state index is -0.418. The molecule has 0 bridgehead atoms. The molecule has 1 fully saturated rings. The van der Waals surface area contributed by atoms with Gasteiger partial charge in [0, 0.05) is 5.02 Å². The number of nitrogens with one attached hydrogen (secondary N) is 1. The zero-order valence-electron chi connectivity index (χ0n) is 8.90. The second-order valence-corrected chi connectivity index (χ2v) is 5.07. The van der Waals surface area contributed by atoms with Gasteiger partial charge in [0.2, 0.25) is 0 Å². The largest absolute Gasteiger partial charge is 0.317 e. The first-order valence-corrected chi connectivity index (χ1v) is 6.26. The van der Waals surface area contributed by atoms with Crippen molar-refractivity contribution in [2.75, 3.05) is 13.1 Å². The van der Waals surface area contributed by atoms with E-state index < -0.39 is 5.82 Å². The van der Waals surface area contributed by atoms with Crippen LogP contribution in [0.4, 0.5) is 4.39 Å². The third-order valence-corrected chi connectivity index (χ3v) is 3.68. The van der Waals surface area contributed by atoms with E-state index in [-0.39, 0.29) is 5.02 Å². The summed E-state index contributed by atoms with van der Waals surface area (Å²) in [5.74, 6) is 0.162. The van der Waals surface area contributed by atoms with E-state index >= 15 is 0 Å². The van der Waals surface area contributed by atoms with Gasteiger partial charge in [0.25, 0.3) is 0 Å². The Morgan fingerprint density at radius 2 is 1.94 bits per heavy atom. The first kappa shape index (κ1) is 12.2. The van der Waals surface area contributed by atoms with Crippen molar-refractivity contribution in [3.05, 3.63) is 33.6 Å². The van der Waals surface area contributed by atoms with Crippen molar-refractivity contribution in [2.24, 2.45) is 5.92 Å².